The highest BCUT2D eigenvalue weighted by atomic mass is 32.1. The van der Waals surface area contributed by atoms with Gasteiger partial charge < -0.3 is 26.8 Å². The number of aliphatic carboxylic acids is 1. The number of fused-ring (bicyclic) bond motifs is 4. The molecule has 4 aromatic rings. The van der Waals surface area contributed by atoms with Gasteiger partial charge in [-0.3, -0.25) is 24.0 Å². The van der Waals surface area contributed by atoms with E-state index in [0.29, 0.717) is 50.6 Å². The highest BCUT2D eigenvalue weighted by Gasteiger charge is 2.52. The monoisotopic (exact) mass is 636 g/mol. The van der Waals surface area contributed by atoms with Gasteiger partial charge in [0.25, 0.3) is 28.4 Å². The molecule has 0 unspecified atom stereocenters. The number of nitrogen functional groups attached to an aromatic ring is 1. The van der Waals surface area contributed by atoms with Crippen molar-refractivity contribution in [1.82, 2.24) is 30.2 Å². The number of anilines is 2. The van der Waals surface area contributed by atoms with Crippen LogP contribution in [0.4, 0.5) is 15.8 Å². The molecular formula is C29H29FN8O6S. The van der Waals surface area contributed by atoms with Gasteiger partial charge in [-0.05, 0) is 79.9 Å². The molecule has 2 aromatic carbocycles. The minimum Gasteiger partial charge on any atom is -0.481 e. The van der Waals surface area contributed by atoms with Gasteiger partial charge in [0.05, 0.1) is 5.41 Å². The lowest BCUT2D eigenvalue weighted by atomic mass is 9.53. The Morgan fingerprint density at radius 1 is 1.02 bits per heavy atom. The zero-order valence-corrected chi connectivity index (χ0v) is 24.7. The molecule has 3 fully saturated rings. The predicted octanol–water partition coefficient (Wildman–Crippen LogP) is 1.80. The molecule has 0 spiro atoms. The third-order valence-electron chi connectivity index (χ3n) is 9.30. The number of carboxylic acids is 1. The Kier molecular flexibility index (Phi) is 7.46. The average molecular weight is 637 g/mol. The number of benzene rings is 1. The summed E-state index contributed by atoms with van der Waals surface area (Å²) in [4.78, 5) is 65.5. The van der Waals surface area contributed by atoms with Crippen molar-refractivity contribution in [3.8, 4) is 0 Å². The Labute approximate surface area is 258 Å². The number of halogens is 1. The van der Waals surface area contributed by atoms with Crippen molar-refractivity contribution in [3.63, 3.8) is 0 Å². The molecule has 2 aromatic heterocycles. The Morgan fingerprint density at radius 3 is 2.40 bits per heavy atom. The Bertz CT molecular complexity index is 1990. The Hall–Kier alpha value is -4.99. The first-order chi connectivity index (χ1) is 21.4. The van der Waals surface area contributed by atoms with E-state index in [0.717, 1.165) is 0 Å². The van der Waals surface area contributed by atoms with Crippen molar-refractivity contribution in [1.29, 1.82) is 0 Å². The molecule has 0 saturated heterocycles. The van der Waals surface area contributed by atoms with Gasteiger partial charge >= 0.3 is 5.97 Å². The lowest BCUT2D eigenvalue weighted by Gasteiger charge is -2.51. The highest BCUT2D eigenvalue weighted by molar-refractivity contribution is 7.71. The van der Waals surface area contributed by atoms with E-state index in [1.165, 1.54) is 28.7 Å². The molecule has 234 valence electrons. The van der Waals surface area contributed by atoms with Crippen molar-refractivity contribution in [2.45, 2.75) is 51.6 Å². The molecule has 7 N–H and O–H groups in total. The first-order valence-electron chi connectivity index (χ1n) is 14.3. The molecule has 3 aliphatic carbocycles. The number of carboxylic acid groups (broad SMARTS) is 1. The van der Waals surface area contributed by atoms with Crippen LogP contribution in [-0.4, -0.2) is 49.0 Å². The molecule has 0 aliphatic heterocycles. The van der Waals surface area contributed by atoms with Gasteiger partial charge in [0.2, 0.25) is 4.77 Å². The van der Waals surface area contributed by atoms with Gasteiger partial charge in [-0.2, -0.15) is 0 Å². The highest BCUT2D eigenvalue weighted by Crippen LogP contribution is 2.56. The van der Waals surface area contributed by atoms with Crippen LogP contribution < -0.4 is 32.5 Å². The summed E-state index contributed by atoms with van der Waals surface area (Å²) in [5.74, 6) is -2.40. The number of H-pyrrole nitrogens is 1. The molecular weight excluding hydrogens is 607 g/mol. The average Bonchev–Trinajstić information content (AvgIpc) is 3.44. The van der Waals surface area contributed by atoms with Crippen LogP contribution in [0.3, 0.4) is 0 Å². The third-order valence-corrected chi connectivity index (χ3v) is 9.57. The van der Waals surface area contributed by atoms with Crippen LogP contribution >= 0.6 is 12.2 Å². The number of rotatable bonds is 10. The maximum Gasteiger partial charge on any atom is 0.309 e. The van der Waals surface area contributed by atoms with Crippen LogP contribution in [0, 0.1) is 21.4 Å². The van der Waals surface area contributed by atoms with E-state index in [1.54, 1.807) is 0 Å². The van der Waals surface area contributed by atoms with E-state index < -0.39 is 39.9 Å². The van der Waals surface area contributed by atoms with Crippen LogP contribution in [-0.2, 0) is 17.9 Å². The number of carbonyl (C=O) groups excluding carboxylic acids is 2. The second kappa shape index (κ2) is 11.2. The number of nitrogens with two attached hydrogens (primary N) is 1. The third kappa shape index (κ3) is 5.34. The number of carbonyl (C=O) groups is 3. The molecule has 2 heterocycles. The van der Waals surface area contributed by atoms with Gasteiger partial charge in [0, 0.05) is 25.2 Å². The Balaban J connectivity index is 1.14. The number of amides is 2. The number of hydrogen-bond donors (Lipinski definition) is 6. The molecule has 3 aliphatic rings. The smallest absolute Gasteiger partial charge is 0.309 e. The molecule has 3 saturated carbocycles. The van der Waals surface area contributed by atoms with E-state index in [4.69, 9.17) is 18.0 Å². The second-order valence-corrected chi connectivity index (χ2v) is 12.3. The zero-order valence-electron chi connectivity index (χ0n) is 23.9. The molecule has 0 radical (unpaired) electrons. The molecule has 0 atom stereocenters. The fourth-order valence-electron chi connectivity index (χ4n) is 6.32. The number of nitrogens with one attached hydrogen (secondary N) is 4. The van der Waals surface area contributed by atoms with Crippen LogP contribution in [0.15, 0.2) is 33.9 Å². The van der Waals surface area contributed by atoms with Crippen LogP contribution in [0.2, 0.25) is 0 Å². The lowest BCUT2D eigenvalue weighted by molar-refractivity contribution is -0.158. The number of nitrogens with zero attached hydrogens (tertiary/aromatic N) is 3. The van der Waals surface area contributed by atoms with E-state index in [9.17, 15) is 33.5 Å². The Morgan fingerprint density at radius 2 is 1.73 bits per heavy atom. The van der Waals surface area contributed by atoms with Gasteiger partial charge in [-0.15, -0.1) is 5.10 Å². The summed E-state index contributed by atoms with van der Waals surface area (Å²) in [6, 6.07) is 5.49. The SMILES string of the molecule is Nc1c(NCc2cc(CNC(=O)c3cc(C(=O)NCC45CCC(C(=O)O)(CC4)CC5)n4c(=S)[nH]nc4n3)ccc2F)c(=O)c1=O. The first-order valence-corrected chi connectivity index (χ1v) is 14.7. The summed E-state index contributed by atoms with van der Waals surface area (Å²) >= 11 is 5.29. The van der Waals surface area contributed by atoms with Crippen molar-refractivity contribution in [2.75, 3.05) is 17.6 Å². The lowest BCUT2D eigenvalue weighted by Crippen LogP contribution is -2.50. The minimum absolute atomic E-state index is 0.0179. The number of hydrogen-bond acceptors (Lipinski definition) is 10. The zero-order chi connectivity index (χ0) is 32.1. The molecule has 16 heteroatoms. The topological polar surface area (TPSA) is 214 Å². The largest absolute Gasteiger partial charge is 0.481 e. The molecule has 7 rings (SSSR count). The summed E-state index contributed by atoms with van der Waals surface area (Å²) in [5.41, 5.74) is 3.53. The molecule has 2 bridgehead atoms. The summed E-state index contributed by atoms with van der Waals surface area (Å²) in [6.45, 7) is 0.227. The van der Waals surface area contributed by atoms with Gasteiger partial charge in [-0.25, -0.2) is 18.9 Å². The number of aromatic nitrogens is 4. The maximum absolute atomic E-state index is 14.4. The van der Waals surface area contributed by atoms with Crippen LogP contribution in [0.1, 0.15) is 70.6 Å². The normalized spacial score (nSPS) is 20.7. The minimum atomic E-state index is -0.787. The molecule has 45 heavy (non-hydrogen) atoms. The summed E-state index contributed by atoms with van der Waals surface area (Å²) in [7, 11) is 0. The van der Waals surface area contributed by atoms with Crippen molar-refractivity contribution in [3.05, 3.63) is 77.8 Å². The van der Waals surface area contributed by atoms with Crippen molar-refractivity contribution < 1.29 is 23.9 Å². The molecule has 2 amide bonds. The quantitative estimate of drug-likeness (QED) is 0.109. The molecule has 14 nitrogen and oxygen atoms in total. The maximum atomic E-state index is 14.4. The number of aromatic amines is 1. The fraction of sp³-hybridized carbons (Fsp3) is 0.379. The summed E-state index contributed by atoms with van der Waals surface area (Å²) in [6.07, 6.45) is 3.84. The first kappa shape index (κ1) is 30.1. The van der Waals surface area contributed by atoms with E-state index >= 15 is 0 Å². The summed E-state index contributed by atoms with van der Waals surface area (Å²) < 4.78 is 15.9. The van der Waals surface area contributed by atoms with Gasteiger partial charge in [-0.1, -0.05) is 6.07 Å². The second-order valence-electron chi connectivity index (χ2n) is 11.9. The standard InChI is InChI=1S/C29H29FN8O6S/c30-16-2-1-14(9-15(16)12-32-20-19(31)21(39)22(20)40)11-33-23(41)17-10-18(38-26(35-17)36-37-27(38)45)24(42)34-13-28-3-6-29(7-4-28,8-5-28)25(43)44/h1-2,9-10,32H,3-8,11-13,31H2,(H,33,41)(H,34,42)(H,37,45)(H,43,44). The van der Waals surface area contributed by atoms with Gasteiger partial charge in [0.1, 0.15) is 28.6 Å². The summed E-state index contributed by atoms with van der Waals surface area (Å²) in [5, 5.41) is 24.6. The fourth-order valence-corrected chi connectivity index (χ4v) is 6.55. The van der Waals surface area contributed by atoms with Crippen molar-refractivity contribution in [2.24, 2.45) is 10.8 Å². The van der Waals surface area contributed by atoms with Crippen LogP contribution in [0.25, 0.3) is 5.78 Å². The van der Waals surface area contributed by atoms with E-state index in [-0.39, 0.29) is 57.4 Å². The van der Waals surface area contributed by atoms with Crippen molar-refractivity contribution >= 4 is 47.2 Å². The van der Waals surface area contributed by atoms with E-state index in [1.807, 2.05) is 0 Å². The van der Waals surface area contributed by atoms with Crippen LogP contribution in [0.5, 0.6) is 0 Å². The predicted molar refractivity (Wildman–Crippen MR) is 161 cm³/mol. The van der Waals surface area contributed by atoms with Gasteiger partial charge in [0.15, 0.2) is 0 Å². The van der Waals surface area contributed by atoms with E-state index in [2.05, 4.69) is 31.1 Å².